The number of halogens is 6. The molecule has 0 saturated heterocycles. The van der Waals surface area contributed by atoms with E-state index in [0.29, 0.717) is 29.2 Å². The number of benzene rings is 3. The fourth-order valence-corrected chi connectivity index (χ4v) is 6.01. The molecule has 1 aliphatic rings. The van der Waals surface area contributed by atoms with Crippen molar-refractivity contribution in [2.24, 2.45) is 16.9 Å². The SMILES string of the molecule is NC(=O)OC(c1ccc(C(F)(F)F)cc1)C1(C(OC(N)=O)c2ccc(C(F)(F)F)cc2)CSc2ccccc2C1=O. The topological polar surface area (TPSA) is 122 Å². The lowest BCUT2D eigenvalue weighted by Gasteiger charge is -2.45. The molecule has 0 aliphatic carbocycles. The van der Waals surface area contributed by atoms with Gasteiger partial charge in [-0.25, -0.2) is 9.59 Å². The zero-order chi connectivity index (χ0) is 30.2. The molecule has 0 radical (unpaired) electrons. The zero-order valence-corrected chi connectivity index (χ0v) is 21.5. The summed E-state index contributed by atoms with van der Waals surface area (Å²) in [7, 11) is 0. The Balaban J connectivity index is 1.99. The highest BCUT2D eigenvalue weighted by molar-refractivity contribution is 7.99. The molecule has 2 unspecified atom stereocenters. The second kappa shape index (κ2) is 11.0. The van der Waals surface area contributed by atoms with E-state index in [4.69, 9.17) is 20.9 Å². The van der Waals surface area contributed by atoms with E-state index in [2.05, 4.69) is 0 Å². The summed E-state index contributed by atoms with van der Waals surface area (Å²) in [6, 6.07) is 12.8. The maximum Gasteiger partial charge on any atom is 0.416 e. The van der Waals surface area contributed by atoms with Gasteiger partial charge in [-0.05, 0) is 41.5 Å². The standard InChI is InChI=1S/C27H20F6N2O5S/c28-26(29,30)16-9-5-14(6-10-16)21(39-23(34)37)25(13-41-19-4-2-1-3-18(19)20(25)36)22(40-24(35)38)15-7-11-17(12-8-15)27(31,32)33/h1-12,21-22H,13H2,(H2,34,37)(H2,35,38). The van der Waals surface area contributed by atoms with Crippen LogP contribution in [0.4, 0.5) is 35.9 Å². The fraction of sp³-hybridized carbons (Fsp3) is 0.222. The van der Waals surface area contributed by atoms with Gasteiger partial charge in [-0.1, -0.05) is 42.5 Å². The second-order valence-electron chi connectivity index (χ2n) is 9.03. The molecule has 0 fully saturated rings. The van der Waals surface area contributed by atoms with Crippen molar-refractivity contribution in [3.63, 3.8) is 0 Å². The van der Waals surface area contributed by atoms with Gasteiger partial charge in [0.15, 0.2) is 5.78 Å². The summed E-state index contributed by atoms with van der Waals surface area (Å²) in [5.74, 6) is -1.08. The predicted octanol–water partition coefficient (Wildman–Crippen LogP) is 6.67. The van der Waals surface area contributed by atoms with Gasteiger partial charge in [0.05, 0.1) is 11.1 Å². The minimum atomic E-state index is -4.72. The first-order valence-electron chi connectivity index (χ1n) is 11.7. The third kappa shape index (κ3) is 5.97. The molecule has 41 heavy (non-hydrogen) atoms. The van der Waals surface area contributed by atoms with Crippen LogP contribution in [0.1, 0.15) is 44.8 Å². The molecule has 2 amide bonds. The Bertz CT molecular complexity index is 1380. The summed E-state index contributed by atoms with van der Waals surface area (Å²) in [6.07, 6.45) is -15.8. The van der Waals surface area contributed by atoms with Gasteiger partial charge in [-0.2, -0.15) is 26.3 Å². The Morgan fingerprint density at radius 2 is 1.15 bits per heavy atom. The molecule has 14 heteroatoms. The number of thioether (sulfide) groups is 1. The van der Waals surface area contributed by atoms with E-state index in [0.717, 1.165) is 36.0 Å². The quantitative estimate of drug-likeness (QED) is 0.306. The van der Waals surface area contributed by atoms with Crippen molar-refractivity contribution in [2.45, 2.75) is 29.5 Å². The van der Waals surface area contributed by atoms with Gasteiger partial charge >= 0.3 is 24.5 Å². The number of amides is 2. The van der Waals surface area contributed by atoms with E-state index >= 15 is 0 Å². The van der Waals surface area contributed by atoms with Crippen LogP contribution < -0.4 is 11.5 Å². The normalized spacial score (nSPS) is 18.6. The van der Waals surface area contributed by atoms with Crippen molar-refractivity contribution >= 4 is 29.7 Å². The Hall–Kier alpha value is -4.20. The monoisotopic (exact) mass is 598 g/mol. The number of ether oxygens (including phenoxy) is 2. The number of Topliss-reactive ketones (excluding diaryl/α,β-unsaturated/α-hetero) is 1. The molecule has 2 atom stereocenters. The first-order valence-corrected chi connectivity index (χ1v) is 12.7. The van der Waals surface area contributed by atoms with Gasteiger partial charge in [0, 0.05) is 16.2 Å². The summed E-state index contributed by atoms with van der Waals surface area (Å²) in [6.45, 7) is 0. The second-order valence-corrected chi connectivity index (χ2v) is 10.0. The van der Waals surface area contributed by atoms with Crippen LogP contribution in [-0.2, 0) is 21.8 Å². The smallest absolute Gasteiger partial charge is 0.416 e. The molecule has 7 nitrogen and oxygen atoms in total. The number of carbonyl (C=O) groups excluding carboxylic acids is 3. The Morgan fingerprint density at radius 1 is 0.732 bits per heavy atom. The van der Waals surface area contributed by atoms with Gasteiger partial charge in [0.1, 0.15) is 17.6 Å². The van der Waals surface area contributed by atoms with Crippen LogP contribution in [0.2, 0.25) is 0 Å². The molecule has 0 aromatic heterocycles. The Labute approximate surface area is 232 Å². The predicted molar refractivity (Wildman–Crippen MR) is 134 cm³/mol. The first-order chi connectivity index (χ1) is 19.1. The molecule has 0 bridgehead atoms. The number of hydrogen-bond acceptors (Lipinski definition) is 6. The summed E-state index contributed by atoms with van der Waals surface area (Å²) in [5, 5.41) is 0. The van der Waals surface area contributed by atoms with Gasteiger partial charge in [0.25, 0.3) is 0 Å². The summed E-state index contributed by atoms with van der Waals surface area (Å²) >= 11 is 1.07. The molecular formula is C27H20F6N2O5S. The number of carbonyl (C=O) groups is 3. The highest BCUT2D eigenvalue weighted by Gasteiger charge is 2.59. The molecule has 3 aromatic carbocycles. The number of fused-ring (bicyclic) bond motifs is 1. The van der Waals surface area contributed by atoms with Crippen molar-refractivity contribution in [3.8, 4) is 0 Å². The maximum absolute atomic E-state index is 14.3. The molecule has 0 saturated carbocycles. The lowest BCUT2D eigenvalue weighted by atomic mass is 9.68. The number of nitrogens with two attached hydrogens (primary N) is 2. The summed E-state index contributed by atoms with van der Waals surface area (Å²) in [5.41, 5.74) is 6.23. The first kappa shape index (κ1) is 29.8. The largest absolute Gasteiger partial charge is 0.440 e. The van der Waals surface area contributed by atoms with Crippen molar-refractivity contribution in [1.82, 2.24) is 0 Å². The minimum Gasteiger partial charge on any atom is -0.440 e. The van der Waals surface area contributed by atoms with Crippen molar-refractivity contribution in [2.75, 3.05) is 5.75 Å². The van der Waals surface area contributed by atoms with Crippen molar-refractivity contribution in [3.05, 3.63) is 101 Å². The average Bonchev–Trinajstić information content (AvgIpc) is 2.90. The molecule has 216 valence electrons. The lowest BCUT2D eigenvalue weighted by Crippen LogP contribution is -2.50. The fourth-order valence-electron chi connectivity index (χ4n) is 4.69. The van der Waals surface area contributed by atoms with E-state index in [1.54, 1.807) is 12.1 Å². The van der Waals surface area contributed by atoms with E-state index in [9.17, 15) is 40.7 Å². The van der Waals surface area contributed by atoms with Gasteiger partial charge < -0.3 is 20.9 Å². The molecule has 1 aliphatic heterocycles. The van der Waals surface area contributed by atoms with Gasteiger partial charge in [0.2, 0.25) is 0 Å². The van der Waals surface area contributed by atoms with E-state index < -0.39 is 59.1 Å². The zero-order valence-electron chi connectivity index (χ0n) is 20.7. The molecule has 1 heterocycles. The summed E-state index contributed by atoms with van der Waals surface area (Å²) < 4.78 is 90.4. The van der Waals surface area contributed by atoms with Gasteiger partial charge in [-0.3, -0.25) is 4.79 Å². The third-order valence-corrected chi connectivity index (χ3v) is 7.80. The number of alkyl halides is 6. The molecule has 0 spiro atoms. The Morgan fingerprint density at radius 3 is 1.54 bits per heavy atom. The van der Waals surface area contributed by atoms with Crippen LogP contribution in [0.15, 0.2) is 77.7 Å². The molecule has 4 N–H and O–H groups in total. The van der Waals surface area contributed by atoms with Crippen LogP contribution in [0.5, 0.6) is 0 Å². The van der Waals surface area contributed by atoms with Crippen LogP contribution in [0.25, 0.3) is 0 Å². The van der Waals surface area contributed by atoms with E-state index in [-0.39, 0.29) is 22.4 Å². The maximum atomic E-state index is 14.3. The van der Waals surface area contributed by atoms with E-state index in [1.165, 1.54) is 12.1 Å². The lowest BCUT2D eigenvalue weighted by molar-refractivity contribution is -0.138. The number of hydrogen-bond donors (Lipinski definition) is 2. The van der Waals surface area contributed by atoms with Crippen LogP contribution in [-0.4, -0.2) is 23.7 Å². The number of rotatable bonds is 6. The van der Waals surface area contributed by atoms with Gasteiger partial charge in [-0.15, -0.1) is 11.8 Å². The average molecular weight is 599 g/mol. The number of ketones is 1. The van der Waals surface area contributed by atoms with Crippen LogP contribution >= 0.6 is 11.8 Å². The third-order valence-electron chi connectivity index (χ3n) is 6.51. The summed E-state index contributed by atoms with van der Waals surface area (Å²) in [4.78, 5) is 39.1. The van der Waals surface area contributed by atoms with Crippen molar-refractivity contribution in [1.29, 1.82) is 0 Å². The molecule has 3 aromatic rings. The Kier molecular flexibility index (Phi) is 7.98. The molecule has 4 rings (SSSR count). The highest BCUT2D eigenvalue weighted by atomic mass is 32.2. The van der Waals surface area contributed by atoms with E-state index in [1.807, 2.05) is 0 Å². The van der Waals surface area contributed by atoms with Crippen LogP contribution in [0.3, 0.4) is 0 Å². The minimum absolute atomic E-state index is 0.0821. The number of primary amides is 2. The molecular weight excluding hydrogens is 578 g/mol. The van der Waals surface area contributed by atoms with Crippen molar-refractivity contribution < 1.29 is 50.2 Å². The van der Waals surface area contributed by atoms with Crippen LogP contribution in [0, 0.1) is 5.41 Å². The highest BCUT2D eigenvalue weighted by Crippen LogP contribution is 2.56.